The zero-order chi connectivity index (χ0) is 13.0. The molecule has 1 heterocycles. The Bertz CT molecular complexity index is 423. The van der Waals surface area contributed by atoms with E-state index in [1.807, 2.05) is 18.2 Å². The zero-order valence-electron chi connectivity index (χ0n) is 12.2. The summed E-state index contributed by atoms with van der Waals surface area (Å²) in [5.41, 5.74) is 2.08. The van der Waals surface area contributed by atoms with E-state index in [1.165, 1.54) is 24.8 Å². The second-order valence-corrected chi connectivity index (χ2v) is 5.14. The van der Waals surface area contributed by atoms with Crippen LogP contribution in [0.3, 0.4) is 0 Å². The number of carbonyl (C=O) groups is 1. The topological polar surface area (TPSA) is 29.1 Å². The molecule has 98 valence electrons. The average Bonchev–Trinajstić information content (AvgIpc) is 2.99. The van der Waals surface area contributed by atoms with E-state index in [-0.39, 0.29) is 30.2 Å². The minimum atomic E-state index is -0.170. The number of fused-ring (bicyclic) bond motifs is 2. The summed E-state index contributed by atoms with van der Waals surface area (Å²) in [5, 5.41) is 2.99. The van der Waals surface area contributed by atoms with Gasteiger partial charge in [0.2, 0.25) is 5.91 Å². The Hall–Kier alpha value is -0.713. The number of benzene rings is 1. The van der Waals surface area contributed by atoms with Crippen LogP contribution in [0.2, 0.25) is 0 Å². The van der Waals surface area contributed by atoms with E-state index >= 15 is 0 Å². The Morgan fingerprint density at radius 3 is 2.42 bits per heavy atom. The molecule has 1 aliphatic heterocycles. The SMILES string of the molecule is O=C1Nc2ccccc2C12CCCC2.[CH2-]CCC.[Li+]. The van der Waals surface area contributed by atoms with Gasteiger partial charge >= 0.3 is 18.9 Å². The Kier molecular flexibility index (Phi) is 6.17. The van der Waals surface area contributed by atoms with Crippen LogP contribution in [0.1, 0.15) is 51.0 Å². The third-order valence-electron chi connectivity index (χ3n) is 3.94. The van der Waals surface area contributed by atoms with E-state index in [9.17, 15) is 4.79 Å². The fourth-order valence-corrected chi connectivity index (χ4v) is 2.85. The van der Waals surface area contributed by atoms with Gasteiger partial charge in [-0.15, -0.1) is 0 Å². The summed E-state index contributed by atoms with van der Waals surface area (Å²) in [6.07, 6.45) is 6.69. The summed E-state index contributed by atoms with van der Waals surface area (Å²) in [5.74, 6) is 0.219. The molecule has 1 N–H and O–H groups in total. The fraction of sp³-hybridized carbons (Fsp3) is 0.500. The molecule has 0 atom stereocenters. The van der Waals surface area contributed by atoms with Crippen molar-refractivity contribution >= 4 is 11.6 Å². The van der Waals surface area contributed by atoms with Gasteiger partial charge < -0.3 is 12.2 Å². The summed E-state index contributed by atoms with van der Waals surface area (Å²) in [7, 11) is 0. The largest absolute Gasteiger partial charge is 1.00 e. The number of hydrogen-bond acceptors (Lipinski definition) is 1. The van der Waals surface area contributed by atoms with Gasteiger partial charge in [0, 0.05) is 5.69 Å². The van der Waals surface area contributed by atoms with Crippen LogP contribution >= 0.6 is 0 Å². The Morgan fingerprint density at radius 1 is 1.26 bits per heavy atom. The Labute approximate surface area is 128 Å². The van der Waals surface area contributed by atoms with Crippen molar-refractivity contribution in [2.45, 2.75) is 50.9 Å². The molecule has 0 radical (unpaired) electrons. The summed E-state index contributed by atoms with van der Waals surface area (Å²) >= 11 is 0. The summed E-state index contributed by atoms with van der Waals surface area (Å²) < 4.78 is 0. The molecule has 0 unspecified atom stereocenters. The first kappa shape index (κ1) is 16.3. The third kappa shape index (κ3) is 3.07. The van der Waals surface area contributed by atoms with Gasteiger partial charge in [-0.05, 0) is 24.5 Å². The third-order valence-corrected chi connectivity index (χ3v) is 3.94. The number of unbranched alkanes of at least 4 members (excludes halogenated alkanes) is 1. The van der Waals surface area contributed by atoms with Crippen molar-refractivity contribution in [2.75, 3.05) is 5.32 Å². The molecule has 0 saturated heterocycles. The molecule has 1 spiro atoms. The van der Waals surface area contributed by atoms with E-state index in [0.717, 1.165) is 24.9 Å². The first-order valence-electron chi connectivity index (χ1n) is 6.95. The molecule has 1 saturated carbocycles. The van der Waals surface area contributed by atoms with Gasteiger partial charge in [0.15, 0.2) is 0 Å². The van der Waals surface area contributed by atoms with Crippen LogP contribution in [0.15, 0.2) is 24.3 Å². The van der Waals surface area contributed by atoms with Gasteiger partial charge in [-0.3, -0.25) is 4.79 Å². The predicted octanol–water partition coefficient (Wildman–Crippen LogP) is 1.08. The van der Waals surface area contributed by atoms with Crippen LogP contribution in [-0.2, 0) is 10.2 Å². The molecule has 19 heavy (non-hydrogen) atoms. The molecule has 3 rings (SSSR count). The second-order valence-electron chi connectivity index (χ2n) is 5.14. The van der Waals surface area contributed by atoms with Crippen molar-refractivity contribution in [3.63, 3.8) is 0 Å². The molecular weight excluding hydrogens is 229 g/mol. The molecule has 1 aromatic rings. The van der Waals surface area contributed by atoms with Crippen LogP contribution in [-0.4, -0.2) is 5.91 Å². The van der Waals surface area contributed by atoms with Crippen molar-refractivity contribution < 1.29 is 23.7 Å². The quantitative estimate of drug-likeness (QED) is 0.587. The maximum Gasteiger partial charge on any atom is 1.00 e. The monoisotopic (exact) mass is 251 g/mol. The number of para-hydroxylation sites is 1. The number of carbonyl (C=O) groups excluding carboxylic acids is 1. The van der Waals surface area contributed by atoms with Gasteiger partial charge in [-0.1, -0.05) is 44.4 Å². The van der Waals surface area contributed by atoms with E-state index in [2.05, 4.69) is 25.2 Å². The summed E-state index contributed by atoms with van der Waals surface area (Å²) in [6, 6.07) is 8.10. The van der Waals surface area contributed by atoms with Crippen molar-refractivity contribution in [1.29, 1.82) is 0 Å². The smallest absolute Gasteiger partial charge is 0.343 e. The summed E-state index contributed by atoms with van der Waals surface area (Å²) in [4.78, 5) is 11.9. The Morgan fingerprint density at radius 2 is 1.84 bits per heavy atom. The second kappa shape index (κ2) is 7.17. The number of anilines is 1. The van der Waals surface area contributed by atoms with Gasteiger partial charge in [-0.2, -0.15) is 6.42 Å². The normalized spacial score (nSPS) is 18.1. The Balaban J connectivity index is 0.000000323. The number of nitrogens with one attached hydrogen (secondary N) is 1. The maximum atomic E-state index is 11.9. The van der Waals surface area contributed by atoms with Crippen LogP contribution in [0.25, 0.3) is 0 Å². The zero-order valence-corrected chi connectivity index (χ0v) is 12.2. The fourth-order valence-electron chi connectivity index (χ4n) is 2.85. The predicted molar refractivity (Wildman–Crippen MR) is 75.5 cm³/mol. The van der Waals surface area contributed by atoms with Crippen molar-refractivity contribution in [3.05, 3.63) is 36.8 Å². The molecule has 1 aliphatic carbocycles. The van der Waals surface area contributed by atoms with Gasteiger partial charge in [-0.25, -0.2) is 0 Å². The molecule has 1 amide bonds. The number of hydrogen-bond donors (Lipinski definition) is 1. The van der Waals surface area contributed by atoms with Crippen molar-refractivity contribution in [1.82, 2.24) is 0 Å². The molecule has 0 aromatic heterocycles. The number of amides is 1. The van der Waals surface area contributed by atoms with E-state index in [1.54, 1.807) is 0 Å². The summed E-state index contributed by atoms with van der Waals surface area (Å²) in [6.45, 7) is 5.72. The minimum Gasteiger partial charge on any atom is -0.343 e. The minimum absolute atomic E-state index is 0. The van der Waals surface area contributed by atoms with Gasteiger partial charge in [0.1, 0.15) is 0 Å². The average molecular weight is 251 g/mol. The standard InChI is InChI=1S/C12H13NO.C4H9.Li/c14-11-12(7-3-4-8-12)9-5-1-2-6-10(9)13-11;1-3-4-2;/h1-2,5-6H,3-4,7-8H2,(H,13,14);1,3-4H2,2H3;/q;-1;+1. The molecule has 0 bridgehead atoms. The van der Waals surface area contributed by atoms with E-state index < -0.39 is 0 Å². The van der Waals surface area contributed by atoms with Crippen LogP contribution in [0.4, 0.5) is 5.69 Å². The van der Waals surface area contributed by atoms with Crippen molar-refractivity contribution in [2.24, 2.45) is 0 Å². The van der Waals surface area contributed by atoms with Crippen molar-refractivity contribution in [3.8, 4) is 0 Å². The van der Waals surface area contributed by atoms with Gasteiger partial charge in [0.05, 0.1) is 5.41 Å². The van der Waals surface area contributed by atoms with Crippen LogP contribution in [0, 0.1) is 6.92 Å². The first-order chi connectivity index (χ1) is 8.74. The molecule has 1 fully saturated rings. The van der Waals surface area contributed by atoms with Crippen LogP contribution in [0.5, 0.6) is 0 Å². The number of rotatable bonds is 1. The maximum absolute atomic E-state index is 11.9. The van der Waals surface area contributed by atoms with Gasteiger partial charge in [0.25, 0.3) is 0 Å². The first-order valence-corrected chi connectivity index (χ1v) is 6.95. The van der Waals surface area contributed by atoms with Crippen LogP contribution < -0.4 is 24.2 Å². The van der Waals surface area contributed by atoms with E-state index in [4.69, 9.17) is 0 Å². The van der Waals surface area contributed by atoms with E-state index in [0.29, 0.717) is 0 Å². The molecule has 3 heteroatoms. The molecule has 1 aromatic carbocycles. The molecule has 2 aliphatic rings. The molecule has 2 nitrogen and oxygen atoms in total. The molecular formula is C16H22LiNO.